The molecule has 0 spiro atoms. The summed E-state index contributed by atoms with van der Waals surface area (Å²) in [5.41, 5.74) is 0.846. The highest BCUT2D eigenvalue weighted by Gasteiger charge is 2.22. The number of morpholine rings is 1. The molecule has 0 bridgehead atoms. The molecule has 1 saturated heterocycles. The third kappa shape index (κ3) is 3.45. The van der Waals surface area contributed by atoms with Gasteiger partial charge in [0.2, 0.25) is 0 Å². The molecule has 1 unspecified atom stereocenters. The predicted octanol–water partition coefficient (Wildman–Crippen LogP) is 1.77. The molecule has 1 amide bonds. The molecule has 0 radical (unpaired) electrons. The molecule has 7 nitrogen and oxygen atoms in total. The van der Waals surface area contributed by atoms with Crippen LogP contribution in [0.5, 0.6) is 0 Å². The lowest BCUT2D eigenvalue weighted by molar-refractivity contribution is 0.0517. The topological polar surface area (TPSA) is 83.2 Å². The van der Waals surface area contributed by atoms with Crippen molar-refractivity contribution in [2.24, 2.45) is 0 Å². The molecule has 1 aromatic carbocycles. The second kappa shape index (κ2) is 7.09. The molecular formula is C19H24N2O5. The summed E-state index contributed by atoms with van der Waals surface area (Å²) in [4.78, 5) is 28.4. The molecule has 1 aliphatic rings. The van der Waals surface area contributed by atoms with Crippen LogP contribution in [0.25, 0.3) is 11.0 Å². The number of hydrogen-bond donors (Lipinski definition) is 1. The molecule has 1 aromatic heterocycles. The fourth-order valence-electron chi connectivity index (χ4n) is 3.14. The maximum Gasteiger partial charge on any atom is 0.253 e. The zero-order valence-electron chi connectivity index (χ0n) is 15.5. The minimum absolute atomic E-state index is 0.0427. The first-order valence-electron chi connectivity index (χ1n) is 8.66. The Morgan fingerprint density at radius 3 is 2.69 bits per heavy atom. The Hall–Kier alpha value is -2.38. The lowest BCUT2D eigenvalue weighted by Gasteiger charge is -2.31. The van der Waals surface area contributed by atoms with E-state index in [1.54, 1.807) is 27.1 Å². The smallest absolute Gasteiger partial charge is 0.253 e. The van der Waals surface area contributed by atoms with Crippen molar-refractivity contribution in [2.75, 3.05) is 38.7 Å². The molecule has 1 aliphatic heterocycles. The van der Waals surface area contributed by atoms with Gasteiger partial charge in [0.05, 0.1) is 24.2 Å². The zero-order chi connectivity index (χ0) is 19.0. The van der Waals surface area contributed by atoms with Gasteiger partial charge in [0.25, 0.3) is 5.91 Å². The molecule has 3 rings (SSSR count). The second-order valence-electron chi connectivity index (χ2n) is 6.89. The number of amides is 1. The molecule has 0 aliphatic carbocycles. The van der Waals surface area contributed by atoms with E-state index in [1.807, 2.05) is 11.8 Å². The van der Waals surface area contributed by atoms with E-state index in [2.05, 4.69) is 0 Å². The van der Waals surface area contributed by atoms with E-state index in [4.69, 9.17) is 9.15 Å². The summed E-state index contributed by atoms with van der Waals surface area (Å²) < 4.78 is 11.5. The molecule has 0 saturated carbocycles. The van der Waals surface area contributed by atoms with Gasteiger partial charge in [0.15, 0.2) is 11.3 Å². The lowest BCUT2D eigenvalue weighted by atomic mass is 10.0. The summed E-state index contributed by atoms with van der Waals surface area (Å²) in [6, 6.07) is 4.56. The zero-order valence-corrected chi connectivity index (χ0v) is 15.5. The highest BCUT2D eigenvalue weighted by molar-refractivity contribution is 5.98. The molecule has 7 heteroatoms. The Bertz CT molecular complexity index is 887. The number of carbonyl (C=O) groups excluding carboxylic acids is 1. The van der Waals surface area contributed by atoms with Crippen molar-refractivity contribution in [3.63, 3.8) is 0 Å². The van der Waals surface area contributed by atoms with Crippen molar-refractivity contribution in [1.82, 2.24) is 4.90 Å². The Morgan fingerprint density at radius 2 is 2.08 bits per heavy atom. The average Bonchev–Trinajstić information content (AvgIpc) is 2.60. The first-order valence-corrected chi connectivity index (χ1v) is 8.66. The molecule has 1 fully saturated rings. The van der Waals surface area contributed by atoms with Gasteiger partial charge in [-0.25, -0.2) is 0 Å². The Balaban J connectivity index is 2.17. The fraction of sp³-hybridized carbons (Fsp3) is 0.474. The van der Waals surface area contributed by atoms with Gasteiger partial charge in [0.1, 0.15) is 5.58 Å². The summed E-state index contributed by atoms with van der Waals surface area (Å²) in [7, 11) is 3.28. The predicted molar refractivity (Wildman–Crippen MR) is 98.8 cm³/mol. The molecule has 2 heterocycles. The van der Waals surface area contributed by atoms with Gasteiger partial charge >= 0.3 is 0 Å². The van der Waals surface area contributed by atoms with Crippen LogP contribution in [-0.2, 0) is 4.74 Å². The van der Waals surface area contributed by atoms with E-state index < -0.39 is 6.10 Å². The van der Waals surface area contributed by atoms with E-state index >= 15 is 0 Å². The van der Waals surface area contributed by atoms with Crippen molar-refractivity contribution >= 4 is 22.8 Å². The van der Waals surface area contributed by atoms with Crippen LogP contribution in [0.2, 0.25) is 0 Å². The normalized spacial score (nSPS) is 18.8. The number of aliphatic hydroxyl groups excluding tert-OH is 1. The summed E-state index contributed by atoms with van der Waals surface area (Å²) >= 11 is 0. The van der Waals surface area contributed by atoms with Gasteiger partial charge in [0, 0.05) is 44.4 Å². The van der Waals surface area contributed by atoms with Crippen molar-refractivity contribution in [2.45, 2.75) is 26.1 Å². The van der Waals surface area contributed by atoms with Gasteiger partial charge < -0.3 is 24.1 Å². The number of aliphatic hydroxyl groups is 1. The van der Waals surface area contributed by atoms with Crippen LogP contribution in [0, 0.1) is 0 Å². The van der Waals surface area contributed by atoms with Crippen LogP contribution in [0.3, 0.4) is 0 Å². The van der Waals surface area contributed by atoms with E-state index in [1.165, 1.54) is 17.0 Å². The van der Waals surface area contributed by atoms with Gasteiger partial charge in [-0.1, -0.05) is 0 Å². The Morgan fingerprint density at radius 1 is 1.35 bits per heavy atom. The standard InChI is InChI=1S/C19H24N2O5/c1-11-10-21(5-6-25-11)17-9-16(23)15-8-13(19(24)20(3)4)7-14(12(2)22)18(15)26-17/h7-9,11-12,22H,5-6,10H2,1-4H3/t11-,12?/m1/s1. The minimum atomic E-state index is -0.880. The molecule has 2 atom stereocenters. The van der Waals surface area contributed by atoms with Crippen LogP contribution in [0.1, 0.15) is 35.9 Å². The van der Waals surface area contributed by atoms with Gasteiger partial charge in [-0.2, -0.15) is 0 Å². The van der Waals surface area contributed by atoms with E-state index in [0.29, 0.717) is 47.7 Å². The number of ether oxygens (including phenoxy) is 1. The maximum atomic E-state index is 12.7. The molecule has 2 aromatic rings. The largest absolute Gasteiger partial charge is 0.440 e. The molecular weight excluding hydrogens is 336 g/mol. The van der Waals surface area contributed by atoms with Crippen molar-refractivity contribution in [3.05, 3.63) is 39.5 Å². The van der Waals surface area contributed by atoms with E-state index in [0.717, 1.165) is 0 Å². The van der Waals surface area contributed by atoms with Gasteiger partial charge in [-0.15, -0.1) is 0 Å². The summed E-state index contributed by atoms with van der Waals surface area (Å²) in [5, 5.41) is 10.5. The molecule has 1 N–H and O–H groups in total. The quantitative estimate of drug-likeness (QED) is 0.898. The summed E-state index contributed by atoms with van der Waals surface area (Å²) in [6.07, 6.45) is -0.838. The summed E-state index contributed by atoms with van der Waals surface area (Å²) in [6.45, 7) is 5.35. The SMILES string of the molecule is CC(O)c1cc(C(=O)N(C)C)cc2c(=O)cc(N3CCO[C@H](C)C3)oc12. The third-order valence-corrected chi connectivity index (χ3v) is 4.50. The lowest BCUT2D eigenvalue weighted by Crippen LogP contribution is -2.41. The number of anilines is 1. The van der Waals surface area contributed by atoms with E-state index in [9.17, 15) is 14.7 Å². The third-order valence-electron chi connectivity index (χ3n) is 4.50. The van der Waals surface area contributed by atoms with Crippen molar-refractivity contribution in [1.29, 1.82) is 0 Å². The number of rotatable bonds is 3. The van der Waals surface area contributed by atoms with Crippen LogP contribution in [0.15, 0.2) is 27.4 Å². The van der Waals surface area contributed by atoms with Gasteiger partial charge in [-0.3, -0.25) is 9.59 Å². The Kier molecular flexibility index (Phi) is 5.02. The fourth-order valence-corrected chi connectivity index (χ4v) is 3.14. The first kappa shape index (κ1) is 18.4. The maximum absolute atomic E-state index is 12.7. The number of fused-ring (bicyclic) bond motifs is 1. The van der Waals surface area contributed by atoms with Crippen LogP contribution in [-0.4, -0.2) is 55.8 Å². The monoisotopic (exact) mass is 360 g/mol. The van der Waals surface area contributed by atoms with Crippen molar-refractivity contribution in [3.8, 4) is 0 Å². The highest BCUT2D eigenvalue weighted by Crippen LogP contribution is 2.29. The van der Waals surface area contributed by atoms with Crippen molar-refractivity contribution < 1.29 is 19.1 Å². The average molecular weight is 360 g/mol. The number of hydrogen-bond acceptors (Lipinski definition) is 6. The Labute approximate surface area is 151 Å². The second-order valence-corrected chi connectivity index (χ2v) is 6.89. The van der Waals surface area contributed by atoms with Crippen LogP contribution < -0.4 is 10.3 Å². The van der Waals surface area contributed by atoms with Crippen LogP contribution >= 0.6 is 0 Å². The first-order chi connectivity index (χ1) is 12.3. The molecule has 26 heavy (non-hydrogen) atoms. The number of benzene rings is 1. The van der Waals surface area contributed by atoms with Crippen LogP contribution in [0.4, 0.5) is 5.88 Å². The number of carbonyl (C=O) groups is 1. The van der Waals surface area contributed by atoms with E-state index in [-0.39, 0.29) is 17.4 Å². The highest BCUT2D eigenvalue weighted by atomic mass is 16.5. The summed E-state index contributed by atoms with van der Waals surface area (Å²) in [5.74, 6) is 0.213. The number of nitrogens with zero attached hydrogens (tertiary/aromatic N) is 2. The minimum Gasteiger partial charge on any atom is -0.440 e. The van der Waals surface area contributed by atoms with Gasteiger partial charge in [-0.05, 0) is 26.0 Å². The molecule has 140 valence electrons.